The molecular formula is C14H12N6. The highest BCUT2D eigenvalue weighted by Crippen LogP contribution is 2.19. The SMILES string of the molecule is N#Cc1ccccc1Nc1ccc2nc(CN)cn2n1. The van der Waals surface area contributed by atoms with Crippen molar-refractivity contribution in [3.63, 3.8) is 0 Å². The normalized spacial score (nSPS) is 10.4. The second kappa shape index (κ2) is 4.99. The summed E-state index contributed by atoms with van der Waals surface area (Å²) in [5.41, 5.74) is 8.38. The van der Waals surface area contributed by atoms with Crippen LogP contribution in [0.5, 0.6) is 0 Å². The number of rotatable bonds is 3. The van der Waals surface area contributed by atoms with Gasteiger partial charge in [0.25, 0.3) is 0 Å². The molecule has 0 atom stereocenters. The maximum absolute atomic E-state index is 9.06. The van der Waals surface area contributed by atoms with Crippen LogP contribution < -0.4 is 11.1 Å². The summed E-state index contributed by atoms with van der Waals surface area (Å²) >= 11 is 0. The van der Waals surface area contributed by atoms with Gasteiger partial charge in [0.1, 0.15) is 6.07 Å². The Kier molecular flexibility index (Phi) is 3.03. The largest absolute Gasteiger partial charge is 0.338 e. The number of anilines is 2. The standard InChI is InChI=1S/C14H12N6/c15-7-10-3-1-2-4-12(10)18-13-5-6-14-17-11(8-16)9-20(14)19-13/h1-6,9H,8,16H2,(H,18,19). The Labute approximate surface area is 115 Å². The summed E-state index contributed by atoms with van der Waals surface area (Å²) in [6.07, 6.45) is 1.79. The molecule has 2 heterocycles. The van der Waals surface area contributed by atoms with Crippen LogP contribution in [0.15, 0.2) is 42.6 Å². The van der Waals surface area contributed by atoms with E-state index in [1.54, 1.807) is 16.8 Å². The third-order valence-electron chi connectivity index (χ3n) is 2.89. The molecule has 0 bridgehead atoms. The van der Waals surface area contributed by atoms with Crippen LogP contribution in [0.1, 0.15) is 11.3 Å². The first-order chi connectivity index (χ1) is 9.80. The van der Waals surface area contributed by atoms with Crippen LogP contribution in [0.25, 0.3) is 5.65 Å². The maximum atomic E-state index is 9.06. The van der Waals surface area contributed by atoms with E-state index in [1.807, 2.05) is 30.3 Å². The van der Waals surface area contributed by atoms with Gasteiger partial charge in [-0.2, -0.15) is 5.26 Å². The molecule has 6 heteroatoms. The number of imidazole rings is 1. The fourth-order valence-electron chi connectivity index (χ4n) is 1.92. The molecule has 20 heavy (non-hydrogen) atoms. The van der Waals surface area contributed by atoms with Gasteiger partial charge in [-0.1, -0.05) is 12.1 Å². The minimum absolute atomic E-state index is 0.378. The number of nitrogens with zero attached hydrogens (tertiary/aromatic N) is 4. The van der Waals surface area contributed by atoms with Crippen LogP contribution in [-0.4, -0.2) is 14.6 Å². The molecule has 0 aliphatic heterocycles. The van der Waals surface area contributed by atoms with Crippen LogP contribution in [-0.2, 0) is 6.54 Å². The van der Waals surface area contributed by atoms with Gasteiger partial charge in [-0.25, -0.2) is 9.50 Å². The predicted octanol–water partition coefficient (Wildman–Crippen LogP) is 1.80. The van der Waals surface area contributed by atoms with E-state index in [-0.39, 0.29) is 0 Å². The monoisotopic (exact) mass is 264 g/mol. The molecule has 6 nitrogen and oxygen atoms in total. The van der Waals surface area contributed by atoms with Crippen molar-refractivity contribution < 1.29 is 0 Å². The lowest BCUT2D eigenvalue weighted by atomic mass is 10.2. The summed E-state index contributed by atoms with van der Waals surface area (Å²) in [5.74, 6) is 0.640. The van der Waals surface area contributed by atoms with Crippen molar-refractivity contribution in [1.82, 2.24) is 14.6 Å². The molecule has 3 N–H and O–H groups in total. The molecule has 0 spiro atoms. The van der Waals surface area contributed by atoms with Gasteiger partial charge >= 0.3 is 0 Å². The van der Waals surface area contributed by atoms with Crippen LogP contribution in [0.2, 0.25) is 0 Å². The molecule has 3 aromatic rings. The number of hydrogen-bond acceptors (Lipinski definition) is 5. The Hall–Kier alpha value is -2.91. The Morgan fingerprint density at radius 2 is 2.10 bits per heavy atom. The summed E-state index contributed by atoms with van der Waals surface area (Å²) in [6.45, 7) is 0.378. The third kappa shape index (κ3) is 2.18. The minimum atomic E-state index is 0.378. The van der Waals surface area contributed by atoms with E-state index in [0.717, 1.165) is 17.0 Å². The lowest BCUT2D eigenvalue weighted by Gasteiger charge is -2.06. The van der Waals surface area contributed by atoms with Crippen molar-refractivity contribution in [2.24, 2.45) is 5.73 Å². The Morgan fingerprint density at radius 1 is 1.25 bits per heavy atom. The second-order valence-corrected chi connectivity index (χ2v) is 4.24. The molecule has 1 aromatic carbocycles. The van der Waals surface area contributed by atoms with Crippen molar-refractivity contribution >= 4 is 17.2 Å². The first-order valence-electron chi connectivity index (χ1n) is 6.11. The number of nitrogens with one attached hydrogen (secondary N) is 1. The molecule has 0 amide bonds. The van der Waals surface area contributed by atoms with Crippen molar-refractivity contribution in [3.05, 3.63) is 53.9 Å². The fraction of sp³-hybridized carbons (Fsp3) is 0.0714. The first-order valence-corrected chi connectivity index (χ1v) is 6.11. The molecular weight excluding hydrogens is 252 g/mol. The van der Waals surface area contributed by atoms with Crippen LogP contribution in [0.3, 0.4) is 0 Å². The number of benzene rings is 1. The summed E-state index contributed by atoms with van der Waals surface area (Å²) in [5, 5.41) is 16.6. The van der Waals surface area contributed by atoms with E-state index in [1.165, 1.54) is 0 Å². The van der Waals surface area contributed by atoms with E-state index in [4.69, 9.17) is 11.0 Å². The lowest BCUT2D eigenvalue weighted by molar-refractivity contribution is 0.934. The molecule has 0 saturated carbocycles. The summed E-state index contributed by atoms with van der Waals surface area (Å²) in [7, 11) is 0. The smallest absolute Gasteiger partial charge is 0.153 e. The van der Waals surface area contributed by atoms with Crippen LogP contribution in [0.4, 0.5) is 11.5 Å². The Bertz CT molecular complexity index is 799. The van der Waals surface area contributed by atoms with Gasteiger partial charge in [0.15, 0.2) is 11.5 Å². The van der Waals surface area contributed by atoms with Crippen molar-refractivity contribution in [1.29, 1.82) is 5.26 Å². The zero-order valence-corrected chi connectivity index (χ0v) is 10.6. The summed E-state index contributed by atoms with van der Waals surface area (Å²) in [6, 6.07) is 13.1. The molecule has 3 rings (SSSR count). The molecule has 0 radical (unpaired) electrons. The van der Waals surface area contributed by atoms with E-state index in [2.05, 4.69) is 21.5 Å². The Morgan fingerprint density at radius 3 is 2.90 bits per heavy atom. The zero-order chi connectivity index (χ0) is 13.9. The number of hydrogen-bond donors (Lipinski definition) is 2. The topological polar surface area (TPSA) is 92.0 Å². The van der Waals surface area contributed by atoms with Crippen molar-refractivity contribution in [2.75, 3.05) is 5.32 Å². The van der Waals surface area contributed by atoms with Gasteiger partial charge in [-0.3, -0.25) is 0 Å². The molecule has 0 aliphatic carbocycles. The first kappa shape index (κ1) is 12.1. The number of nitrogens with two attached hydrogens (primary N) is 1. The summed E-state index contributed by atoms with van der Waals surface area (Å²) in [4.78, 5) is 4.31. The fourth-order valence-corrected chi connectivity index (χ4v) is 1.92. The van der Waals surface area contributed by atoms with Gasteiger partial charge in [-0.15, -0.1) is 5.10 Å². The Balaban J connectivity index is 1.96. The van der Waals surface area contributed by atoms with Gasteiger partial charge < -0.3 is 11.1 Å². The van der Waals surface area contributed by atoms with E-state index < -0.39 is 0 Å². The number of para-hydroxylation sites is 1. The number of fused-ring (bicyclic) bond motifs is 1. The number of nitriles is 1. The average Bonchev–Trinajstić information content (AvgIpc) is 2.90. The summed E-state index contributed by atoms with van der Waals surface area (Å²) < 4.78 is 1.67. The quantitative estimate of drug-likeness (QED) is 0.752. The minimum Gasteiger partial charge on any atom is -0.338 e. The van der Waals surface area contributed by atoms with Gasteiger partial charge in [0, 0.05) is 6.54 Å². The molecule has 98 valence electrons. The highest BCUT2D eigenvalue weighted by molar-refractivity contribution is 5.64. The highest BCUT2D eigenvalue weighted by Gasteiger charge is 2.05. The van der Waals surface area contributed by atoms with E-state index in [0.29, 0.717) is 17.9 Å². The molecule has 0 unspecified atom stereocenters. The van der Waals surface area contributed by atoms with Crippen LogP contribution in [0, 0.1) is 11.3 Å². The van der Waals surface area contributed by atoms with Gasteiger partial charge in [-0.05, 0) is 24.3 Å². The molecule has 0 saturated heterocycles. The van der Waals surface area contributed by atoms with Crippen molar-refractivity contribution in [2.45, 2.75) is 6.54 Å². The number of aromatic nitrogens is 3. The van der Waals surface area contributed by atoms with E-state index >= 15 is 0 Å². The van der Waals surface area contributed by atoms with Crippen LogP contribution >= 0.6 is 0 Å². The molecule has 2 aromatic heterocycles. The van der Waals surface area contributed by atoms with Gasteiger partial charge in [0.05, 0.1) is 23.1 Å². The highest BCUT2D eigenvalue weighted by atomic mass is 15.3. The predicted molar refractivity (Wildman–Crippen MR) is 75.3 cm³/mol. The van der Waals surface area contributed by atoms with Gasteiger partial charge in [0.2, 0.25) is 0 Å². The third-order valence-corrected chi connectivity index (χ3v) is 2.89. The zero-order valence-electron chi connectivity index (χ0n) is 10.6. The average molecular weight is 264 g/mol. The lowest BCUT2D eigenvalue weighted by Crippen LogP contribution is -1.99. The van der Waals surface area contributed by atoms with E-state index in [9.17, 15) is 0 Å². The molecule has 0 fully saturated rings. The molecule has 0 aliphatic rings. The second-order valence-electron chi connectivity index (χ2n) is 4.24. The van der Waals surface area contributed by atoms with Crippen molar-refractivity contribution in [3.8, 4) is 6.07 Å². The maximum Gasteiger partial charge on any atom is 0.153 e.